The van der Waals surface area contributed by atoms with Gasteiger partial charge >= 0.3 is 0 Å². The minimum Gasteiger partial charge on any atom is -0.232 e. The van der Waals surface area contributed by atoms with Crippen molar-refractivity contribution in [3.63, 3.8) is 0 Å². The number of nitrogens with zero attached hydrogens (tertiary/aromatic N) is 2. The van der Waals surface area contributed by atoms with Gasteiger partial charge in [0.1, 0.15) is 0 Å². The molecule has 0 fully saturated rings. The molecular formula is C27H45N3. The Morgan fingerprint density at radius 3 is 2.10 bits per heavy atom. The van der Waals surface area contributed by atoms with Crippen molar-refractivity contribution in [3.8, 4) is 0 Å². The molecule has 3 heteroatoms. The lowest BCUT2D eigenvalue weighted by Crippen LogP contribution is -2.27. The molecule has 1 aromatic carbocycles. The van der Waals surface area contributed by atoms with E-state index in [0.29, 0.717) is 6.54 Å². The number of benzene rings is 1. The molecule has 0 aliphatic heterocycles. The summed E-state index contributed by atoms with van der Waals surface area (Å²) in [4.78, 5) is 0. The van der Waals surface area contributed by atoms with Gasteiger partial charge in [-0.3, -0.25) is 0 Å². The predicted octanol–water partition coefficient (Wildman–Crippen LogP) is 7.62. The Morgan fingerprint density at radius 1 is 1.07 bits per heavy atom. The van der Waals surface area contributed by atoms with Gasteiger partial charge in [0.05, 0.1) is 12.3 Å². The van der Waals surface area contributed by atoms with Gasteiger partial charge in [-0.1, -0.05) is 101 Å². The van der Waals surface area contributed by atoms with Gasteiger partial charge in [-0.2, -0.15) is 5.10 Å². The second-order valence-corrected chi connectivity index (χ2v) is 7.00. The zero-order valence-corrected chi connectivity index (χ0v) is 20.5. The van der Waals surface area contributed by atoms with Crippen LogP contribution in [0, 0.1) is 0 Å². The highest BCUT2D eigenvalue weighted by atomic mass is 15.6. The summed E-state index contributed by atoms with van der Waals surface area (Å²) >= 11 is 0. The SMILES string of the molecule is C=C/C=C(\C=C)CCc1ccc(/C(C)=N/N(N)CCC=C(C)C)cc1.CC.CCC. The fourth-order valence-electron chi connectivity index (χ4n) is 2.39. The van der Waals surface area contributed by atoms with Crippen molar-refractivity contribution in [2.24, 2.45) is 10.9 Å². The summed E-state index contributed by atoms with van der Waals surface area (Å²) in [7, 11) is 0. The maximum absolute atomic E-state index is 5.95. The summed E-state index contributed by atoms with van der Waals surface area (Å²) in [5.74, 6) is 5.95. The fraction of sp³-hybridized carbons (Fsp3) is 0.444. The largest absolute Gasteiger partial charge is 0.232 e. The maximum Gasteiger partial charge on any atom is 0.0662 e. The van der Waals surface area contributed by atoms with Crippen molar-refractivity contribution in [2.75, 3.05) is 6.54 Å². The Labute approximate surface area is 186 Å². The molecule has 0 heterocycles. The second-order valence-electron chi connectivity index (χ2n) is 7.00. The molecule has 0 saturated heterocycles. The minimum absolute atomic E-state index is 0.709. The lowest BCUT2D eigenvalue weighted by molar-refractivity contribution is 0.305. The van der Waals surface area contributed by atoms with Gasteiger partial charge in [-0.25, -0.2) is 11.0 Å². The molecule has 0 spiro atoms. The Kier molecular flexibility index (Phi) is 19.8. The first-order valence-electron chi connectivity index (χ1n) is 11.1. The monoisotopic (exact) mass is 411 g/mol. The molecule has 0 aliphatic rings. The van der Waals surface area contributed by atoms with Crippen LogP contribution in [0.1, 0.15) is 78.9 Å². The van der Waals surface area contributed by atoms with Crippen LogP contribution in [0.5, 0.6) is 0 Å². The van der Waals surface area contributed by atoms with Crippen LogP contribution in [0.4, 0.5) is 0 Å². The zero-order chi connectivity index (χ0) is 23.4. The van der Waals surface area contributed by atoms with Crippen LogP contribution in [0.15, 0.2) is 78.0 Å². The van der Waals surface area contributed by atoms with Crippen molar-refractivity contribution >= 4 is 5.71 Å². The molecule has 0 bridgehead atoms. The average Bonchev–Trinajstić information content (AvgIpc) is 2.73. The molecule has 1 aromatic rings. The van der Waals surface area contributed by atoms with E-state index in [1.807, 2.05) is 32.9 Å². The third-order valence-corrected chi connectivity index (χ3v) is 3.86. The van der Waals surface area contributed by atoms with Crippen LogP contribution in [0.25, 0.3) is 0 Å². The number of aryl methyl sites for hydroxylation is 1. The van der Waals surface area contributed by atoms with Gasteiger partial charge in [-0.15, -0.1) is 0 Å². The number of hydrogen-bond donors (Lipinski definition) is 1. The van der Waals surface area contributed by atoms with Crippen LogP contribution >= 0.6 is 0 Å². The highest BCUT2D eigenvalue weighted by Gasteiger charge is 2.01. The van der Waals surface area contributed by atoms with E-state index in [-0.39, 0.29) is 0 Å². The average molecular weight is 412 g/mol. The van der Waals surface area contributed by atoms with Crippen LogP contribution in [0.2, 0.25) is 0 Å². The van der Waals surface area contributed by atoms with Crippen molar-refractivity contribution in [1.29, 1.82) is 0 Å². The van der Waals surface area contributed by atoms with Crippen molar-refractivity contribution < 1.29 is 0 Å². The van der Waals surface area contributed by atoms with Gasteiger partial charge in [0.25, 0.3) is 0 Å². The summed E-state index contributed by atoms with van der Waals surface area (Å²) in [5.41, 5.74) is 5.80. The van der Waals surface area contributed by atoms with Gasteiger partial charge in [0.2, 0.25) is 0 Å². The normalized spacial score (nSPS) is 10.7. The Balaban J connectivity index is 0. The topological polar surface area (TPSA) is 41.6 Å². The van der Waals surface area contributed by atoms with E-state index < -0.39 is 0 Å². The number of nitrogens with two attached hydrogens (primary N) is 1. The molecule has 0 amide bonds. The quantitative estimate of drug-likeness (QED) is 0.141. The van der Waals surface area contributed by atoms with E-state index in [1.54, 1.807) is 6.08 Å². The summed E-state index contributed by atoms with van der Waals surface area (Å²) < 4.78 is 0. The van der Waals surface area contributed by atoms with Crippen LogP contribution < -0.4 is 5.84 Å². The van der Waals surface area contributed by atoms with Crippen LogP contribution in [-0.4, -0.2) is 17.4 Å². The standard InChI is InChI=1S/C22H31N3.C3H8.C2H6/c1-6-9-20(7-2)11-12-21-13-15-22(16-14-21)19(5)24-25(23)17-8-10-18(3)4;1-3-2;1-2/h6-7,9-10,13-16H,1-2,8,11-12,17,23H2,3-5H3;3H2,1-2H3;1-2H3/b20-9+,24-19+;;. The highest BCUT2D eigenvalue weighted by Crippen LogP contribution is 2.12. The molecule has 0 atom stereocenters. The molecule has 0 saturated carbocycles. The number of hydrogen-bond acceptors (Lipinski definition) is 3. The summed E-state index contributed by atoms with van der Waals surface area (Å²) in [5, 5.41) is 5.96. The molecule has 0 unspecified atom stereocenters. The third-order valence-electron chi connectivity index (χ3n) is 3.86. The maximum atomic E-state index is 5.95. The lowest BCUT2D eigenvalue weighted by atomic mass is 10.0. The predicted molar refractivity (Wildman–Crippen MR) is 138 cm³/mol. The molecule has 0 aromatic heterocycles. The zero-order valence-electron chi connectivity index (χ0n) is 20.5. The van der Waals surface area contributed by atoms with Crippen molar-refractivity contribution in [2.45, 2.75) is 74.1 Å². The molecule has 0 aliphatic carbocycles. The van der Waals surface area contributed by atoms with E-state index in [4.69, 9.17) is 5.84 Å². The molecule has 168 valence electrons. The van der Waals surface area contributed by atoms with Crippen LogP contribution in [0.3, 0.4) is 0 Å². The first kappa shape index (κ1) is 29.8. The fourth-order valence-corrected chi connectivity index (χ4v) is 2.39. The minimum atomic E-state index is 0.709. The summed E-state index contributed by atoms with van der Waals surface area (Å²) in [6.45, 7) is 22.7. The highest BCUT2D eigenvalue weighted by molar-refractivity contribution is 5.98. The molecule has 3 nitrogen and oxygen atoms in total. The van der Waals surface area contributed by atoms with E-state index >= 15 is 0 Å². The molecular weight excluding hydrogens is 366 g/mol. The molecule has 0 radical (unpaired) electrons. The third kappa shape index (κ3) is 15.5. The van der Waals surface area contributed by atoms with E-state index in [0.717, 1.165) is 30.5 Å². The van der Waals surface area contributed by atoms with Gasteiger partial charge in [0.15, 0.2) is 0 Å². The summed E-state index contributed by atoms with van der Waals surface area (Å²) in [6, 6.07) is 8.49. The number of rotatable bonds is 10. The Hall–Kier alpha value is -2.39. The van der Waals surface area contributed by atoms with Gasteiger partial charge in [0, 0.05) is 0 Å². The smallest absolute Gasteiger partial charge is 0.0662 e. The van der Waals surface area contributed by atoms with Crippen LogP contribution in [-0.2, 0) is 6.42 Å². The second kappa shape index (κ2) is 19.9. The first-order chi connectivity index (χ1) is 14.4. The Morgan fingerprint density at radius 2 is 1.63 bits per heavy atom. The van der Waals surface area contributed by atoms with Crippen molar-refractivity contribution in [1.82, 2.24) is 5.12 Å². The molecule has 30 heavy (non-hydrogen) atoms. The molecule has 1 rings (SSSR count). The van der Waals surface area contributed by atoms with E-state index in [1.165, 1.54) is 28.2 Å². The van der Waals surface area contributed by atoms with Gasteiger partial charge < -0.3 is 0 Å². The molecule has 2 N–H and O–H groups in total. The number of hydrazine groups is 1. The van der Waals surface area contributed by atoms with E-state index in [2.05, 4.69) is 76.3 Å². The summed E-state index contributed by atoms with van der Waals surface area (Å²) in [6.07, 6.45) is 11.9. The van der Waals surface area contributed by atoms with Crippen molar-refractivity contribution in [3.05, 3.63) is 84.0 Å². The lowest BCUT2D eigenvalue weighted by Gasteiger charge is -2.13. The Bertz CT molecular complexity index is 660. The number of allylic oxidation sites excluding steroid dienone is 5. The first-order valence-corrected chi connectivity index (χ1v) is 11.1. The van der Waals surface area contributed by atoms with E-state index in [9.17, 15) is 0 Å². The number of hydrazone groups is 1. The van der Waals surface area contributed by atoms with Gasteiger partial charge in [-0.05, 0) is 56.7 Å².